The van der Waals surface area contributed by atoms with Gasteiger partial charge < -0.3 is 15.4 Å². The number of phenols is 1. The number of hydrogen-bond donors (Lipinski definition) is 2. The van der Waals surface area contributed by atoms with Crippen molar-refractivity contribution in [1.82, 2.24) is 4.57 Å². The molecule has 0 atom stereocenters. The summed E-state index contributed by atoms with van der Waals surface area (Å²) in [5.41, 5.74) is 6.58. The van der Waals surface area contributed by atoms with Crippen molar-refractivity contribution in [3.8, 4) is 5.75 Å². The Morgan fingerprint density at radius 2 is 2.15 bits per heavy atom. The molecule has 13 heavy (non-hydrogen) atoms. The van der Waals surface area contributed by atoms with E-state index in [4.69, 9.17) is 5.73 Å². The van der Waals surface area contributed by atoms with E-state index in [1.54, 1.807) is 12.1 Å². The van der Waals surface area contributed by atoms with E-state index < -0.39 is 0 Å². The zero-order chi connectivity index (χ0) is 9.26. The Labute approximate surface area is 76.4 Å². The Balaban J connectivity index is 2.55. The molecule has 0 fully saturated rings. The lowest BCUT2D eigenvalue weighted by Gasteiger charge is -2.02. The maximum absolute atomic E-state index is 9.24. The van der Waals surface area contributed by atoms with Gasteiger partial charge in [0.15, 0.2) is 0 Å². The lowest BCUT2D eigenvalue weighted by Crippen LogP contribution is -2.08. The van der Waals surface area contributed by atoms with Gasteiger partial charge in [-0.3, -0.25) is 0 Å². The highest BCUT2D eigenvalue weighted by atomic mass is 16.3. The summed E-state index contributed by atoms with van der Waals surface area (Å²) in [6.45, 7) is 1.44. The first kappa shape index (κ1) is 8.13. The highest BCUT2D eigenvalue weighted by molar-refractivity contribution is 5.81. The Bertz CT molecular complexity index is 420. The Hall–Kier alpha value is -1.48. The quantitative estimate of drug-likeness (QED) is 0.724. The summed E-state index contributed by atoms with van der Waals surface area (Å²) < 4.78 is 2.08. The van der Waals surface area contributed by atoms with E-state index in [1.165, 1.54) is 0 Å². The largest absolute Gasteiger partial charge is 0.508 e. The molecule has 2 aromatic rings. The number of nitrogens with zero attached hydrogens (tertiary/aromatic N) is 1. The molecule has 0 unspecified atom stereocenters. The normalized spacial score (nSPS) is 10.8. The molecule has 68 valence electrons. The van der Waals surface area contributed by atoms with Gasteiger partial charge in [0.2, 0.25) is 0 Å². The molecule has 0 aliphatic heterocycles. The minimum atomic E-state index is 0.304. The van der Waals surface area contributed by atoms with E-state index in [2.05, 4.69) is 4.57 Å². The van der Waals surface area contributed by atoms with Crippen LogP contribution in [0, 0.1) is 0 Å². The van der Waals surface area contributed by atoms with Crippen LogP contribution in [0.1, 0.15) is 0 Å². The van der Waals surface area contributed by atoms with Crippen molar-refractivity contribution in [3.63, 3.8) is 0 Å². The Morgan fingerprint density at radius 3 is 2.92 bits per heavy atom. The van der Waals surface area contributed by atoms with Crippen LogP contribution in [0.15, 0.2) is 30.5 Å². The standard InChI is InChI=1S/C10H12N2O/c11-4-6-12-5-3-8-7-9(13)1-2-10(8)12/h1-3,5,7,13H,4,6,11H2. The zero-order valence-electron chi connectivity index (χ0n) is 7.27. The first-order chi connectivity index (χ1) is 6.31. The average Bonchev–Trinajstić information content (AvgIpc) is 2.49. The molecule has 1 aromatic heterocycles. The Morgan fingerprint density at radius 1 is 1.31 bits per heavy atom. The van der Waals surface area contributed by atoms with E-state index in [0.29, 0.717) is 12.3 Å². The molecule has 0 amide bonds. The fourth-order valence-corrected chi connectivity index (χ4v) is 1.52. The number of fused-ring (bicyclic) bond motifs is 1. The summed E-state index contributed by atoms with van der Waals surface area (Å²) in [5.74, 6) is 0.304. The predicted molar refractivity (Wildman–Crippen MR) is 52.7 cm³/mol. The SMILES string of the molecule is NCCn1ccc2cc(O)ccc21. The van der Waals surface area contributed by atoms with Crippen LogP contribution in [0.2, 0.25) is 0 Å². The third kappa shape index (κ3) is 1.38. The molecule has 3 N–H and O–H groups in total. The third-order valence-electron chi connectivity index (χ3n) is 2.12. The topological polar surface area (TPSA) is 51.2 Å². The summed E-state index contributed by atoms with van der Waals surface area (Å²) in [5, 5.41) is 10.3. The molecule has 3 heteroatoms. The molecule has 3 nitrogen and oxygen atoms in total. The smallest absolute Gasteiger partial charge is 0.116 e. The molecule has 0 aliphatic rings. The van der Waals surface area contributed by atoms with Gasteiger partial charge in [-0.15, -0.1) is 0 Å². The maximum atomic E-state index is 9.24. The van der Waals surface area contributed by atoms with Crippen LogP contribution in [0.5, 0.6) is 5.75 Å². The van der Waals surface area contributed by atoms with Gasteiger partial charge in [0.1, 0.15) is 5.75 Å². The lowest BCUT2D eigenvalue weighted by molar-refractivity contribution is 0.476. The second-order valence-electron chi connectivity index (χ2n) is 3.04. The van der Waals surface area contributed by atoms with Crippen molar-refractivity contribution in [2.24, 2.45) is 5.73 Å². The van der Waals surface area contributed by atoms with Crippen LogP contribution in [0.4, 0.5) is 0 Å². The van der Waals surface area contributed by atoms with Gasteiger partial charge in [0, 0.05) is 30.2 Å². The monoisotopic (exact) mass is 176 g/mol. The van der Waals surface area contributed by atoms with E-state index in [9.17, 15) is 5.11 Å². The van der Waals surface area contributed by atoms with Crippen LogP contribution < -0.4 is 5.73 Å². The summed E-state index contributed by atoms with van der Waals surface area (Å²) in [6.07, 6.45) is 1.98. The summed E-state index contributed by atoms with van der Waals surface area (Å²) in [6, 6.07) is 7.32. The fraction of sp³-hybridized carbons (Fsp3) is 0.200. The molecule has 1 heterocycles. The van der Waals surface area contributed by atoms with Crippen LogP contribution in [0.3, 0.4) is 0 Å². The number of rotatable bonds is 2. The van der Waals surface area contributed by atoms with Crippen molar-refractivity contribution in [2.45, 2.75) is 6.54 Å². The predicted octanol–water partition coefficient (Wildman–Crippen LogP) is 1.31. The van der Waals surface area contributed by atoms with Crippen LogP contribution in [-0.2, 0) is 6.54 Å². The minimum Gasteiger partial charge on any atom is -0.508 e. The third-order valence-corrected chi connectivity index (χ3v) is 2.12. The molecule has 0 saturated carbocycles. The van der Waals surface area contributed by atoms with E-state index in [1.807, 2.05) is 18.3 Å². The highest BCUT2D eigenvalue weighted by Crippen LogP contribution is 2.20. The van der Waals surface area contributed by atoms with Gasteiger partial charge in [0.05, 0.1) is 0 Å². The van der Waals surface area contributed by atoms with Gasteiger partial charge in [-0.1, -0.05) is 0 Å². The van der Waals surface area contributed by atoms with Gasteiger partial charge in [-0.25, -0.2) is 0 Å². The number of aromatic hydroxyl groups is 1. The van der Waals surface area contributed by atoms with E-state index >= 15 is 0 Å². The summed E-state index contributed by atoms with van der Waals surface area (Å²) in [7, 11) is 0. The second kappa shape index (κ2) is 3.11. The maximum Gasteiger partial charge on any atom is 0.116 e. The van der Waals surface area contributed by atoms with Crippen molar-refractivity contribution < 1.29 is 5.11 Å². The molecule has 0 saturated heterocycles. The molecule has 0 spiro atoms. The molecule has 0 aliphatic carbocycles. The number of benzene rings is 1. The van der Waals surface area contributed by atoms with Crippen LogP contribution >= 0.6 is 0 Å². The Kier molecular flexibility index (Phi) is 1.94. The van der Waals surface area contributed by atoms with Crippen molar-refractivity contribution in [1.29, 1.82) is 0 Å². The fourth-order valence-electron chi connectivity index (χ4n) is 1.52. The molecule has 0 radical (unpaired) electrons. The molecular weight excluding hydrogens is 164 g/mol. The number of phenolic OH excluding ortho intramolecular Hbond substituents is 1. The van der Waals surface area contributed by atoms with Gasteiger partial charge in [-0.05, 0) is 24.3 Å². The summed E-state index contributed by atoms with van der Waals surface area (Å²) in [4.78, 5) is 0. The first-order valence-corrected chi connectivity index (χ1v) is 4.29. The number of aromatic nitrogens is 1. The first-order valence-electron chi connectivity index (χ1n) is 4.29. The molecule has 0 bridgehead atoms. The zero-order valence-corrected chi connectivity index (χ0v) is 7.27. The molecule has 2 rings (SSSR count). The van der Waals surface area contributed by atoms with Crippen LogP contribution in [-0.4, -0.2) is 16.2 Å². The lowest BCUT2D eigenvalue weighted by atomic mass is 10.2. The van der Waals surface area contributed by atoms with Crippen molar-refractivity contribution >= 4 is 10.9 Å². The van der Waals surface area contributed by atoms with Gasteiger partial charge >= 0.3 is 0 Å². The second-order valence-corrected chi connectivity index (χ2v) is 3.04. The number of hydrogen-bond acceptors (Lipinski definition) is 2. The van der Waals surface area contributed by atoms with Crippen molar-refractivity contribution in [3.05, 3.63) is 30.5 Å². The van der Waals surface area contributed by atoms with Crippen LogP contribution in [0.25, 0.3) is 10.9 Å². The minimum absolute atomic E-state index is 0.304. The van der Waals surface area contributed by atoms with Crippen molar-refractivity contribution in [2.75, 3.05) is 6.54 Å². The average molecular weight is 176 g/mol. The molecule has 1 aromatic carbocycles. The highest BCUT2D eigenvalue weighted by Gasteiger charge is 1.99. The van der Waals surface area contributed by atoms with Gasteiger partial charge in [-0.2, -0.15) is 0 Å². The van der Waals surface area contributed by atoms with Gasteiger partial charge in [0.25, 0.3) is 0 Å². The van der Waals surface area contributed by atoms with E-state index in [-0.39, 0.29) is 0 Å². The number of nitrogens with two attached hydrogens (primary N) is 1. The van der Waals surface area contributed by atoms with E-state index in [0.717, 1.165) is 17.4 Å². The molecular formula is C10H12N2O. The summed E-state index contributed by atoms with van der Waals surface area (Å²) >= 11 is 0.